The first-order valence-electron chi connectivity index (χ1n) is 17.2. The molecule has 0 radical (unpaired) electrons. The molecule has 290 valence electrons. The Bertz CT molecular complexity index is 2110. The van der Waals surface area contributed by atoms with Crippen LogP contribution in [0.5, 0.6) is 0 Å². The molecule has 0 heterocycles. The molecule has 0 spiro atoms. The Kier molecular flexibility index (Phi) is 14.8. The molecule has 12 heteroatoms. The Morgan fingerprint density at radius 3 is 1.47 bits per heavy atom. The van der Waals surface area contributed by atoms with E-state index in [0.29, 0.717) is 16.9 Å². The molecule has 1 fully saturated rings. The van der Waals surface area contributed by atoms with Crippen LogP contribution in [0.25, 0.3) is 43.8 Å². The standard InChI is InChI=1S/C23H25.C20H12F9.2ClH.Zr/c1-16(2)17-10-12-19(13-11-17)22-9-5-8-20-14-21(15-23(20)22)18-6-3-4-7-18;1-11-9-13-3-2-4-15(16(13)10-11)12-5-7-14(8-6-12)17(18(21,22)23,19(24,25)26)20(27,28)29;;;/h5,8-16,18H,3-4,6-7H2,1-2H3;2-10H,1H3;2*1H;/q2*-1;;;+4/p-2. The maximum absolute atomic E-state index is 13.2. The number of halogens is 11. The van der Waals surface area contributed by atoms with E-state index in [2.05, 4.69) is 68.4 Å². The Morgan fingerprint density at radius 1 is 0.582 bits per heavy atom. The molecule has 6 aromatic carbocycles. The first-order valence-corrected chi connectivity index (χ1v) is 17.2. The van der Waals surface area contributed by atoms with Gasteiger partial charge in [-0.05, 0) is 46.9 Å². The van der Waals surface area contributed by atoms with Gasteiger partial charge in [-0.25, -0.2) is 0 Å². The summed E-state index contributed by atoms with van der Waals surface area (Å²) in [5, 5.41) is 4.30. The predicted octanol–water partition coefficient (Wildman–Crippen LogP) is 8.47. The summed E-state index contributed by atoms with van der Waals surface area (Å²) in [6, 6.07) is 31.5. The molecule has 0 saturated heterocycles. The maximum atomic E-state index is 13.2. The second-order valence-corrected chi connectivity index (χ2v) is 14.0. The van der Waals surface area contributed by atoms with Crippen LogP contribution in [0.1, 0.15) is 73.6 Å². The SMILES string of the molecule is CC(C)c1ccc(-c2cccc3[cH-]c(C4CCCC4)cc23)cc1.Cc1cc2c(-c3ccc(C(C(F)(F)F)(C(F)(F)F)C(F)(F)F)cc3)cccc2[cH-]1.[Cl-].[Cl-].[Zr+4]. The average molecular weight is 887 g/mol. The number of fused-ring (bicyclic) bond motifs is 2. The third-order valence-electron chi connectivity index (χ3n) is 10.3. The Hall–Kier alpha value is -3.07. The van der Waals surface area contributed by atoms with Crippen LogP contribution in [0.2, 0.25) is 0 Å². The van der Waals surface area contributed by atoms with Crippen molar-refractivity contribution in [3.8, 4) is 22.3 Å². The molecule has 0 amide bonds. The second-order valence-electron chi connectivity index (χ2n) is 14.0. The molecule has 1 aliphatic carbocycles. The van der Waals surface area contributed by atoms with E-state index in [-0.39, 0.29) is 68.7 Å². The smallest absolute Gasteiger partial charge is 1.00 e. The van der Waals surface area contributed by atoms with Gasteiger partial charge in [-0.1, -0.05) is 105 Å². The number of rotatable bonds is 5. The fraction of sp³-hybridized carbons (Fsp3) is 0.302. The number of benzene rings is 4. The van der Waals surface area contributed by atoms with Crippen molar-refractivity contribution >= 4 is 21.5 Å². The number of hydrogen-bond donors (Lipinski definition) is 0. The molecule has 0 atom stereocenters. The van der Waals surface area contributed by atoms with Crippen LogP contribution >= 0.6 is 0 Å². The first-order chi connectivity index (χ1) is 24.4. The Labute approximate surface area is 346 Å². The van der Waals surface area contributed by atoms with Crippen molar-refractivity contribution in [3.05, 3.63) is 131 Å². The van der Waals surface area contributed by atoms with Crippen molar-refractivity contribution in [3.63, 3.8) is 0 Å². The summed E-state index contributed by atoms with van der Waals surface area (Å²) in [5.74, 6) is 1.38. The normalized spacial score (nSPS) is 13.9. The van der Waals surface area contributed by atoms with Crippen molar-refractivity contribution < 1.29 is 90.5 Å². The van der Waals surface area contributed by atoms with Gasteiger partial charge in [0, 0.05) is 0 Å². The topological polar surface area (TPSA) is 0 Å². The van der Waals surface area contributed by atoms with E-state index in [1.54, 1.807) is 36.8 Å². The van der Waals surface area contributed by atoms with Crippen LogP contribution in [0.3, 0.4) is 0 Å². The van der Waals surface area contributed by atoms with Crippen LogP contribution in [-0.4, -0.2) is 18.5 Å². The fourth-order valence-electron chi connectivity index (χ4n) is 7.56. The van der Waals surface area contributed by atoms with Crippen molar-refractivity contribution in [2.45, 2.75) is 82.2 Å². The molecule has 7 rings (SSSR count). The summed E-state index contributed by atoms with van der Waals surface area (Å²) in [6.07, 6.45) is -14.4. The minimum absolute atomic E-state index is 0. The van der Waals surface area contributed by atoms with Gasteiger partial charge in [0.2, 0.25) is 0 Å². The molecule has 0 unspecified atom stereocenters. The van der Waals surface area contributed by atoms with Gasteiger partial charge >= 0.3 is 44.7 Å². The van der Waals surface area contributed by atoms with Crippen LogP contribution < -0.4 is 24.8 Å². The van der Waals surface area contributed by atoms with E-state index in [0.717, 1.165) is 29.0 Å². The van der Waals surface area contributed by atoms with Gasteiger partial charge in [0.25, 0.3) is 5.41 Å². The quantitative estimate of drug-likeness (QED) is 0.121. The third kappa shape index (κ3) is 8.92. The van der Waals surface area contributed by atoms with Gasteiger partial charge in [-0.2, -0.15) is 51.6 Å². The summed E-state index contributed by atoms with van der Waals surface area (Å²) in [6.45, 7) is 6.30. The molecule has 1 saturated carbocycles. The minimum Gasteiger partial charge on any atom is -1.00 e. The van der Waals surface area contributed by atoms with Crippen LogP contribution in [0, 0.1) is 6.92 Å². The van der Waals surface area contributed by atoms with Crippen LogP contribution in [-0.2, 0) is 31.6 Å². The van der Waals surface area contributed by atoms with Gasteiger partial charge in [0.15, 0.2) is 0 Å². The molecular formula is C43H37Cl2F9Zr. The van der Waals surface area contributed by atoms with Crippen molar-refractivity contribution in [1.29, 1.82) is 0 Å². The van der Waals surface area contributed by atoms with Crippen molar-refractivity contribution in [2.24, 2.45) is 0 Å². The van der Waals surface area contributed by atoms with E-state index in [1.807, 2.05) is 6.07 Å². The molecule has 0 nitrogen and oxygen atoms in total. The predicted molar refractivity (Wildman–Crippen MR) is 190 cm³/mol. The van der Waals surface area contributed by atoms with Gasteiger partial charge < -0.3 is 24.8 Å². The van der Waals surface area contributed by atoms with E-state index >= 15 is 0 Å². The number of alkyl halides is 9. The fourth-order valence-corrected chi connectivity index (χ4v) is 7.56. The van der Waals surface area contributed by atoms with Gasteiger partial charge in [-0.15, -0.1) is 69.1 Å². The average Bonchev–Trinajstić information content (AvgIpc) is 3.83. The molecule has 1 aliphatic rings. The molecule has 0 N–H and O–H groups in total. The van der Waals surface area contributed by atoms with Crippen LogP contribution in [0.15, 0.2) is 109 Å². The summed E-state index contributed by atoms with van der Waals surface area (Å²) < 4.78 is 119. The van der Waals surface area contributed by atoms with E-state index < -0.39 is 29.5 Å². The first kappa shape index (κ1) is 46.3. The Morgan fingerprint density at radius 2 is 1.02 bits per heavy atom. The van der Waals surface area contributed by atoms with Gasteiger partial charge in [0.1, 0.15) is 0 Å². The second kappa shape index (κ2) is 17.6. The number of hydrogen-bond acceptors (Lipinski definition) is 0. The third-order valence-corrected chi connectivity index (χ3v) is 10.3. The van der Waals surface area contributed by atoms with E-state index in [1.165, 1.54) is 53.1 Å². The summed E-state index contributed by atoms with van der Waals surface area (Å²) in [5.41, 5.74) is -0.656. The monoisotopic (exact) mass is 884 g/mol. The minimum atomic E-state index is -6.63. The summed E-state index contributed by atoms with van der Waals surface area (Å²) >= 11 is 0. The van der Waals surface area contributed by atoms with Crippen molar-refractivity contribution in [2.75, 3.05) is 0 Å². The molecule has 6 aromatic rings. The summed E-state index contributed by atoms with van der Waals surface area (Å²) in [7, 11) is 0. The van der Waals surface area contributed by atoms with Crippen LogP contribution in [0.4, 0.5) is 39.5 Å². The zero-order chi connectivity index (χ0) is 37.6. The van der Waals surface area contributed by atoms with Crippen molar-refractivity contribution in [1.82, 2.24) is 0 Å². The molecular weight excluding hydrogens is 850 g/mol. The maximum Gasteiger partial charge on any atom is 4.00 e. The molecule has 0 aromatic heterocycles. The Balaban J connectivity index is 0.000000286. The number of aryl methyl sites for hydroxylation is 1. The van der Waals surface area contributed by atoms with E-state index in [4.69, 9.17) is 0 Å². The van der Waals surface area contributed by atoms with Gasteiger partial charge in [0.05, 0.1) is 0 Å². The van der Waals surface area contributed by atoms with E-state index in [9.17, 15) is 39.5 Å². The largest absolute Gasteiger partial charge is 4.00 e. The summed E-state index contributed by atoms with van der Waals surface area (Å²) in [4.78, 5) is 0. The zero-order valence-electron chi connectivity index (χ0n) is 30.0. The van der Waals surface area contributed by atoms with Gasteiger partial charge in [-0.3, -0.25) is 0 Å². The zero-order valence-corrected chi connectivity index (χ0v) is 34.0. The molecule has 55 heavy (non-hydrogen) atoms. The molecule has 0 bridgehead atoms. The molecule has 0 aliphatic heterocycles.